The summed E-state index contributed by atoms with van der Waals surface area (Å²) in [4.78, 5) is 0. The van der Waals surface area contributed by atoms with Crippen LogP contribution in [-0.4, -0.2) is 34.0 Å². The average molecular weight is 396 g/mol. The molecule has 6 N–H and O–H groups in total. The Labute approximate surface area is 174 Å². The van der Waals surface area contributed by atoms with Crippen LogP contribution in [0.2, 0.25) is 6.32 Å². The first-order valence-corrected chi connectivity index (χ1v) is 10.6. The molecule has 1 fully saturated rings. The molecule has 1 saturated carbocycles. The average Bonchev–Trinajstić information content (AvgIpc) is 2.66. The fraction of sp³-hybridized carbons (Fsp3) is 0.478. The van der Waals surface area contributed by atoms with Gasteiger partial charge >= 0.3 is 7.12 Å². The predicted molar refractivity (Wildman–Crippen MR) is 117 cm³/mol. The maximum atomic E-state index is 10.5. The summed E-state index contributed by atoms with van der Waals surface area (Å²) in [6.45, 7) is 0.820. The van der Waals surface area contributed by atoms with Crippen molar-refractivity contribution in [2.45, 2.75) is 63.2 Å². The molecule has 156 valence electrons. The predicted octanol–water partition coefficient (Wildman–Crippen LogP) is 2.44. The van der Waals surface area contributed by atoms with E-state index in [2.05, 4.69) is 53.8 Å². The van der Waals surface area contributed by atoms with Crippen molar-refractivity contribution in [1.82, 2.24) is 5.32 Å². The number of benzene rings is 2. The fourth-order valence-corrected chi connectivity index (χ4v) is 4.00. The Kier molecular flexibility index (Phi) is 7.87. The lowest BCUT2D eigenvalue weighted by Crippen LogP contribution is -2.56. The van der Waals surface area contributed by atoms with Gasteiger partial charge in [-0.25, -0.2) is 0 Å². The summed E-state index contributed by atoms with van der Waals surface area (Å²) in [5.74, 6) is 0.104. The number of nitrogens with two attached hydrogens (primary N) is 1. The number of nitrogens with one attached hydrogen (secondary N) is 1. The molecule has 1 unspecified atom stereocenters. The van der Waals surface area contributed by atoms with E-state index >= 15 is 0 Å². The van der Waals surface area contributed by atoms with E-state index in [0.29, 0.717) is 31.6 Å². The van der Waals surface area contributed by atoms with Gasteiger partial charge in [-0.2, -0.15) is 0 Å². The lowest BCUT2D eigenvalue weighted by molar-refractivity contribution is -0.0647. The van der Waals surface area contributed by atoms with E-state index in [9.17, 15) is 5.11 Å². The molecule has 0 amide bonds. The third-order valence-electron chi connectivity index (χ3n) is 6.00. The van der Waals surface area contributed by atoms with E-state index in [1.54, 1.807) is 0 Å². The minimum absolute atomic E-state index is 0.104. The molecule has 0 aromatic heterocycles. The molecule has 1 aliphatic rings. The molecular weight excluding hydrogens is 363 g/mol. The molecule has 0 bridgehead atoms. The largest absolute Gasteiger partial charge is 0.451 e. The number of unbranched alkanes of at least 4 members (excludes halogenated alkanes) is 1. The van der Waals surface area contributed by atoms with Gasteiger partial charge in [-0.05, 0) is 55.1 Å². The number of aliphatic hydroxyl groups is 1. The second-order valence-electron chi connectivity index (χ2n) is 8.44. The first-order chi connectivity index (χ1) is 13.9. The van der Waals surface area contributed by atoms with Crippen LogP contribution in [0.3, 0.4) is 0 Å². The third kappa shape index (κ3) is 6.94. The molecule has 0 aliphatic heterocycles. The Morgan fingerprint density at radius 1 is 0.931 bits per heavy atom. The van der Waals surface area contributed by atoms with Crippen LogP contribution in [0.5, 0.6) is 0 Å². The zero-order chi connectivity index (χ0) is 20.7. The summed E-state index contributed by atoms with van der Waals surface area (Å²) < 4.78 is 0. The summed E-state index contributed by atoms with van der Waals surface area (Å²) in [5.41, 5.74) is 8.83. The molecule has 29 heavy (non-hydrogen) atoms. The van der Waals surface area contributed by atoms with Crippen LogP contribution >= 0.6 is 0 Å². The van der Waals surface area contributed by atoms with E-state index in [0.717, 1.165) is 25.8 Å². The summed E-state index contributed by atoms with van der Waals surface area (Å²) in [6, 6.07) is 19.6. The van der Waals surface area contributed by atoms with Gasteiger partial charge in [0, 0.05) is 18.5 Å². The summed E-state index contributed by atoms with van der Waals surface area (Å²) in [7, 11) is -1.27. The van der Waals surface area contributed by atoms with Crippen LogP contribution in [0.1, 0.15) is 48.8 Å². The van der Waals surface area contributed by atoms with Crippen molar-refractivity contribution >= 4 is 7.12 Å². The van der Waals surface area contributed by atoms with E-state index in [1.165, 1.54) is 16.7 Å². The lowest BCUT2D eigenvalue weighted by atomic mass is 9.72. The Balaban J connectivity index is 1.35. The molecule has 5 nitrogen and oxygen atoms in total. The van der Waals surface area contributed by atoms with Crippen molar-refractivity contribution in [3.63, 3.8) is 0 Å². The second-order valence-corrected chi connectivity index (χ2v) is 8.44. The highest BCUT2D eigenvalue weighted by molar-refractivity contribution is 6.40. The Morgan fingerprint density at radius 2 is 1.55 bits per heavy atom. The van der Waals surface area contributed by atoms with Crippen molar-refractivity contribution in [2.24, 2.45) is 11.7 Å². The molecule has 1 atom stereocenters. The van der Waals surface area contributed by atoms with Crippen LogP contribution < -0.4 is 11.1 Å². The van der Waals surface area contributed by atoms with Crippen molar-refractivity contribution in [3.8, 4) is 0 Å². The van der Waals surface area contributed by atoms with Gasteiger partial charge in [-0.1, -0.05) is 61.0 Å². The zero-order valence-corrected chi connectivity index (χ0v) is 17.0. The number of rotatable bonds is 11. The van der Waals surface area contributed by atoms with Gasteiger partial charge in [0.15, 0.2) is 0 Å². The first kappa shape index (κ1) is 22.0. The standard InChI is InChI=1S/C23H33BN2O3/c25-23(27,12-4-5-13-24(28)29)21-15-22(16-21)26-17-20-10-8-19(9-11-20)14-18-6-2-1-3-7-18/h1-3,6-11,21-22,26-29H,4-5,12-17,25H2. The lowest BCUT2D eigenvalue weighted by Gasteiger charge is -2.44. The van der Waals surface area contributed by atoms with E-state index in [1.807, 2.05) is 6.07 Å². The maximum Gasteiger partial charge on any atom is 0.451 e. The SMILES string of the molecule is NC(O)(CCCCB(O)O)C1CC(NCc2ccc(Cc3ccccc3)cc2)C1. The maximum absolute atomic E-state index is 10.5. The Bertz CT molecular complexity index is 732. The second kappa shape index (κ2) is 10.4. The van der Waals surface area contributed by atoms with E-state index < -0.39 is 12.8 Å². The van der Waals surface area contributed by atoms with Crippen LogP contribution in [0.25, 0.3) is 0 Å². The van der Waals surface area contributed by atoms with Crippen molar-refractivity contribution < 1.29 is 15.2 Å². The molecule has 3 rings (SSSR count). The summed E-state index contributed by atoms with van der Waals surface area (Å²) in [6.07, 6.45) is 4.89. The fourth-order valence-electron chi connectivity index (χ4n) is 4.00. The smallest absolute Gasteiger partial charge is 0.427 e. The highest BCUT2D eigenvalue weighted by atomic mass is 16.4. The van der Waals surface area contributed by atoms with Crippen LogP contribution in [0, 0.1) is 5.92 Å². The highest BCUT2D eigenvalue weighted by Gasteiger charge is 2.41. The van der Waals surface area contributed by atoms with Gasteiger partial charge < -0.3 is 26.2 Å². The molecule has 2 aromatic carbocycles. The topological polar surface area (TPSA) is 98.7 Å². The quantitative estimate of drug-likeness (QED) is 0.228. The Hall–Kier alpha value is -1.70. The molecule has 0 spiro atoms. The van der Waals surface area contributed by atoms with Gasteiger partial charge in [-0.15, -0.1) is 0 Å². The zero-order valence-electron chi connectivity index (χ0n) is 17.0. The molecular formula is C23H33BN2O3. The molecule has 0 heterocycles. The third-order valence-corrected chi connectivity index (χ3v) is 6.00. The molecule has 1 aliphatic carbocycles. The van der Waals surface area contributed by atoms with Crippen LogP contribution in [0.4, 0.5) is 0 Å². The van der Waals surface area contributed by atoms with E-state index in [4.69, 9.17) is 15.8 Å². The van der Waals surface area contributed by atoms with Gasteiger partial charge in [-0.3, -0.25) is 0 Å². The van der Waals surface area contributed by atoms with Crippen molar-refractivity contribution in [1.29, 1.82) is 0 Å². The molecule has 0 radical (unpaired) electrons. The van der Waals surface area contributed by atoms with Crippen molar-refractivity contribution in [3.05, 3.63) is 71.3 Å². The normalized spacial score (nSPS) is 20.7. The molecule has 0 saturated heterocycles. The molecule has 6 heteroatoms. The molecule has 2 aromatic rings. The van der Waals surface area contributed by atoms with Gasteiger partial charge in [0.25, 0.3) is 0 Å². The van der Waals surface area contributed by atoms with Crippen LogP contribution in [-0.2, 0) is 13.0 Å². The first-order valence-electron chi connectivity index (χ1n) is 10.6. The van der Waals surface area contributed by atoms with E-state index in [-0.39, 0.29) is 5.92 Å². The van der Waals surface area contributed by atoms with Crippen LogP contribution in [0.15, 0.2) is 54.6 Å². The Morgan fingerprint density at radius 3 is 2.21 bits per heavy atom. The number of hydrogen-bond donors (Lipinski definition) is 5. The minimum Gasteiger partial charge on any atom is -0.427 e. The highest BCUT2D eigenvalue weighted by Crippen LogP contribution is 2.36. The van der Waals surface area contributed by atoms with Gasteiger partial charge in [0.2, 0.25) is 0 Å². The number of hydrogen-bond acceptors (Lipinski definition) is 5. The van der Waals surface area contributed by atoms with Crippen molar-refractivity contribution in [2.75, 3.05) is 0 Å². The minimum atomic E-state index is -1.27. The van der Waals surface area contributed by atoms with Gasteiger partial charge in [0.05, 0.1) is 0 Å². The summed E-state index contributed by atoms with van der Waals surface area (Å²) in [5, 5.41) is 31.8. The van der Waals surface area contributed by atoms with Gasteiger partial charge in [0.1, 0.15) is 5.72 Å². The monoisotopic (exact) mass is 396 g/mol. The summed E-state index contributed by atoms with van der Waals surface area (Å²) >= 11 is 0.